The van der Waals surface area contributed by atoms with Gasteiger partial charge in [-0.15, -0.1) is 0 Å². The Morgan fingerprint density at radius 1 is 1.38 bits per heavy atom. The topological polar surface area (TPSA) is 67.8 Å². The zero-order valence-electron chi connectivity index (χ0n) is 12.6. The van der Waals surface area contributed by atoms with Crippen molar-refractivity contribution in [2.45, 2.75) is 37.9 Å². The summed E-state index contributed by atoms with van der Waals surface area (Å²) in [5.41, 5.74) is 0.598. The van der Waals surface area contributed by atoms with E-state index in [2.05, 4.69) is 14.9 Å². The Labute approximate surface area is 123 Å². The molecule has 1 aromatic heterocycles. The van der Waals surface area contributed by atoms with Crippen LogP contribution in [0.3, 0.4) is 0 Å². The van der Waals surface area contributed by atoms with Gasteiger partial charge >= 0.3 is 0 Å². The van der Waals surface area contributed by atoms with Crippen LogP contribution in [-0.4, -0.2) is 64.9 Å². The molecule has 0 radical (unpaired) electrons. The van der Waals surface area contributed by atoms with Gasteiger partial charge in [-0.05, 0) is 33.4 Å². The lowest BCUT2D eigenvalue weighted by molar-refractivity contribution is 0.0859. The van der Waals surface area contributed by atoms with Gasteiger partial charge in [-0.1, -0.05) is 0 Å². The van der Waals surface area contributed by atoms with E-state index in [0.29, 0.717) is 24.3 Å². The van der Waals surface area contributed by atoms with Gasteiger partial charge in [0.1, 0.15) is 11.5 Å². The molecule has 1 saturated carbocycles. The van der Waals surface area contributed by atoms with Gasteiger partial charge in [-0.2, -0.15) is 0 Å². The minimum Gasteiger partial charge on any atom is -0.335 e. The minimum atomic E-state index is -0.0440. The second kappa shape index (κ2) is 4.30. The number of hydrogen-bond donors (Lipinski definition) is 1. The van der Waals surface area contributed by atoms with E-state index in [-0.39, 0.29) is 5.91 Å². The molecule has 1 N–H and O–H groups in total. The molecule has 0 bridgehead atoms. The predicted molar refractivity (Wildman–Crippen MR) is 79.4 cm³/mol. The molecule has 112 valence electrons. The number of anilines is 1. The summed E-state index contributed by atoms with van der Waals surface area (Å²) in [6.45, 7) is 0.693. The largest absolute Gasteiger partial charge is 0.335 e. The van der Waals surface area contributed by atoms with Crippen LogP contribution in [0.2, 0.25) is 0 Å². The zero-order valence-corrected chi connectivity index (χ0v) is 12.6. The van der Waals surface area contributed by atoms with E-state index in [1.807, 2.05) is 19.0 Å². The Morgan fingerprint density at radius 3 is 2.95 bits per heavy atom. The van der Waals surface area contributed by atoms with Crippen LogP contribution in [0, 0.1) is 0 Å². The normalized spacial score (nSPS) is 27.0. The Hall–Kier alpha value is -1.89. The number of aromatic nitrogens is 2. The van der Waals surface area contributed by atoms with Crippen molar-refractivity contribution in [1.82, 2.24) is 19.8 Å². The summed E-state index contributed by atoms with van der Waals surface area (Å²) >= 11 is 0. The van der Waals surface area contributed by atoms with E-state index in [0.717, 1.165) is 30.4 Å². The van der Waals surface area contributed by atoms with Gasteiger partial charge in [0, 0.05) is 7.05 Å². The van der Waals surface area contributed by atoms with Crippen LogP contribution in [-0.2, 0) is 6.54 Å². The molecule has 3 heterocycles. The maximum atomic E-state index is 12.5. The fourth-order valence-corrected chi connectivity index (χ4v) is 3.60. The SMILES string of the molecule is CN(C)Cc1nc2c([nH]1)C(=O)N(C)C1=N[C@@H]3CCC[C@@H]3N12. The predicted octanol–water partition coefficient (Wildman–Crippen LogP) is 0.654. The highest BCUT2D eigenvalue weighted by molar-refractivity contribution is 6.18. The highest BCUT2D eigenvalue weighted by atomic mass is 16.2. The summed E-state index contributed by atoms with van der Waals surface area (Å²) in [6, 6.07) is 0.681. The first-order valence-corrected chi connectivity index (χ1v) is 7.45. The molecular weight excluding hydrogens is 268 g/mol. The van der Waals surface area contributed by atoms with Crippen LogP contribution in [0.25, 0.3) is 0 Å². The Balaban J connectivity index is 1.80. The number of hydrogen-bond acceptors (Lipinski definition) is 5. The molecule has 0 spiro atoms. The van der Waals surface area contributed by atoms with E-state index < -0.39 is 0 Å². The quantitative estimate of drug-likeness (QED) is 0.868. The Bertz CT molecular complexity index is 633. The van der Waals surface area contributed by atoms with Crippen LogP contribution in [0.15, 0.2) is 4.99 Å². The molecule has 4 rings (SSSR count). The van der Waals surface area contributed by atoms with Crippen molar-refractivity contribution in [2.75, 3.05) is 26.0 Å². The number of nitrogens with one attached hydrogen (secondary N) is 1. The van der Waals surface area contributed by atoms with Crippen LogP contribution in [0.4, 0.5) is 5.82 Å². The first-order chi connectivity index (χ1) is 10.1. The molecule has 0 unspecified atom stereocenters. The summed E-state index contributed by atoms with van der Waals surface area (Å²) in [5, 5.41) is 0. The Morgan fingerprint density at radius 2 is 2.19 bits per heavy atom. The molecule has 1 fully saturated rings. The molecule has 7 heteroatoms. The maximum absolute atomic E-state index is 12.5. The number of carbonyl (C=O) groups is 1. The minimum absolute atomic E-state index is 0.0440. The van der Waals surface area contributed by atoms with Crippen molar-refractivity contribution in [2.24, 2.45) is 4.99 Å². The van der Waals surface area contributed by atoms with E-state index in [4.69, 9.17) is 4.99 Å². The van der Waals surface area contributed by atoms with Crippen molar-refractivity contribution in [3.63, 3.8) is 0 Å². The highest BCUT2D eigenvalue weighted by Crippen LogP contribution is 2.39. The van der Waals surface area contributed by atoms with Crippen molar-refractivity contribution in [1.29, 1.82) is 0 Å². The first-order valence-electron chi connectivity index (χ1n) is 7.45. The number of guanidine groups is 1. The molecular formula is C14H20N6O. The van der Waals surface area contributed by atoms with Gasteiger partial charge in [-0.25, -0.2) is 9.98 Å². The molecule has 0 aromatic carbocycles. The van der Waals surface area contributed by atoms with E-state index in [9.17, 15) is 4.79 Å². The third kappa shape index (κ3) is 1.73. The number of H-pyrrole nitrogens is 1. The molecule has 1 amide bonds. The summed E-state index contributed by atoms with van der Waals surface area (Å²) in [7, 11) is 5.78. The van der Waals surface area contributed by atoms with Crippen LogP contribution in [0.5, 0.6) is 0 Å². The van der Waals surface area contributed by atoms with Crippen LogP contribution >= 0.6 is 0 Å². The smallest absolute Gasteiger partial charge is 0.280 e. The lowest BCUT2D eigenvalue weighted by atomic mass is 10.1. The van der Waals surface area contributed by atoms with Crippen molar-refractivity contribution in [3.8, 4) is 0 Å². The number of imidazole rings is 1. The standard InChI is InChI=1S/C14H20N6O/c1-18(2)7-10-16-11-12(17-10)20-9-6-4-5-8(9)15-14(20)19(3)13(11)21/h8-9H,4-7H2,1-3H3,(H,16,17)/t8-,9+/m1/s1. The summed E-state index contributed by atoms with van der Waals surface area (Å²) in [6.07, 6.45) is 3.43. The lowest BCUT2D eigenvalue weighted by Crippen LogP contribution is -2.51. The van der Waals surface area contributed by atoms with Gasteiger partial charge < -0.3 is 9.88 Å². The first kappa shape index (κ1) is 12.8. The zero-order chi connectivity index (χ0) is 14.7. The molecule has 3 aliphatic rings. The molecule has 0 saturated heterocycles. The summed E-state index contributed by atoms with van der Waals surface area (Å²) in [5.74, 6) is 2.32. The number of nitrogens with zero attached hydrogens (tertiary/aromatic N) is 5. The van der Waals surface area contributed by atoms with Gasteiger partial charge in [0.15, 0.2) is 5.82 Å². The molecule has 21 heavy (non-hydrogen) atoms. The fraction of sp³-hybridized carbons (Fsp3) is 0.643. The molecule has 1 aliphatic carbocycles. The number of aliphatic imine (C=N–C) groups is 1. The van der Waals surface area contributed by atoms with Crippen molar-refractivity contribution >= 4 is 17.7 Å². The third-order valence-electron chi connectivity index (χ3n) is 4.52. The third-order valence-corrected chi connectivity index (χ3v) is 4.52. The van der Waals surface area contributed by atoms with Crippen molar-refractivity contribution < 1.29 is 4.79 Å². The average molecular weight is 288 g/mol. The summed E-state index contributed by atoms with van der Waals surface area (Å²) in [4.78, 5) is 31.0. The average Bonchev–Trinajstić information content (AvgIpc) is 3.07. The van der Waals surface area contributed by atoms with E-state index in [1.54, 1.807) is 11.9 Å². The summed E-state index contributed by atoms with van der Waals surface area (Å²) < 4.78 is 0. The lowest BCUT2D eigenvalue weighted by Gasteiger charge is -2.33. The molecule has 2 atom stereocenters. The number of carbonyl (C=O) groups excluding carboxylic acids is 1. The van der Waals surface area contributed by atoms with Gasteiger partial charge in [0.2, 0.25) is 5.96 Å². The van der Waals surface area contributed by atoms with Gasteiger partial charge in [0.05, 0.1) is 18.6 Å². The monoisotopic (exact) mass is 288 g/mol. The second-order valence-corrected chi connectivity index (χ2v) is 6.35. The maximum Gasteiger partial charge on any atom is 0.280 e. The second-order valence-electron chi connectivity index (χ2n) is 6.35. The molecule has 2 aliphatic heterocycles. The number of amides is 1. The van der Waals surface area contributed by atoms with Gasteiger partial charge in [0.25, 0.3) is 5.91 Å². The molecule has 1 aromatic rings. The number of aromatic amines is 1. The fourth-order valence-electron chi connectivity index (χ4n) is 3.60. The highest BCUT2D eigenvalue weighted by Gasteiger charge is 2.48. The Kier molecular flexibility index (Phi) is 2.63. The van der Waals surface area contributed by atoms with E-state index in [1.165, 1.54) is 6.42 Å². The number of rotatable bonds is 2. The van der Waals surface area contributed by atoms with Gasteiger partial charge in [-0.3, -0.25) is 14.6 Å². The van der Waals surface area contributed by atoms with Crippen LogP contribution in [0.1, 0.15) is 35.6 Å². The van der Waals surface area contributed by atoms with Crippen molar-refractivity contribution in [3.05, 3.63) is 11.5 Å². The molecule has 7 nitrogen and oxygen atoms in total. The van der Waals surface area contributed by atoms with Crippen LogP contribution < -0.4 is 4.90 Å². The number of fused-ring (bicyclic) bond motifs is 5. The van der Waals surface area contributed by atoms with E-state index >= 15 is 0 Å².